The summed E-state index contributed by atoms with van der Waals surface area (Å²) in [7, 11) is 0. The van der Waals surface area contributed by atoms with Gasteiger partial charge in [0.05, 0.1) is 6.61 Å². The Morgan fingerprint density at radius 1 is 1.17 bits per heavy atom. The molecule has 1 aromatic rings. The maximum atomic E-state index is 11.9. The van der Waals surface area contributed by atoms with E-state index >= 15 is 0 Å². The van der Waals surface area contributed by atoms with Crippen molar-refractivity contribution < 1.29 is 9.53 Å². The highest BCUT2D eigenvalue weighted by atomic mass is 16.5. The van der Waals surface area contributed by atoms with Crippen molar-refractivity contribution in [3.8, 4) is 5.75 Å². The highest BCUT2D eigenvalue weighted by molar-refractivity contribution is 5.76. The van der Waals surface area contributed by atoms with E-state index in [-0.39, 0.29) is 5.91 Å². The van der Waals surface area contributed by atoms with E-state index in [1.807, 2.05) is 49.9 Å². The van der Waals surface area contributed by atoms with Gasteiger partial charge in [0, 0.05) is 19.5 Å². The topological polar surface area (TPSA) is 29.5 Å². The number of hydrogen-bond donors (Lipinski definition) is 0. The molecule has 0 N–H and O–H groups in total. The number of rotatable bonds is 7. The lowest BCUT2D eigenvalue weighted by Crippen LogP contribution is -2.30. The van der Waals surface area contributed by atoms with Gasteiger partial charge in [0.25, 0.3) is 0 Å². The molecule has 0 heterocycles. The summed E-state index contributed by atoms with van der Waals surface area (Å²) in [6.07, 6.45) is 1.29. The lowest BCUT2D eigenvalue weighted by atomic mass is 10.1. The minimum absolute atomic E-state index is 0.214. The molecule has 0 atom stereocenters. The molecule has 0 aliphatic rings. The van der Waals surface area contributed by atoms with Crippen LogP contribution in [0.4, 0.5) is 0 Å². The van der Waals surface area contributed by atoms with E-state index in [4.69, 9.17) is 4.74 Å². The number of amides is 1. The molecule has 0 fully saturated rings. The van der Waals surface area contributed by atoms with E-state index in [9.17, 15) is 4.79 Å². The summed E-state index contributed by atoms with van der Waals surface area (Å²) in [6.45, 7) is 8.20. The van der Waals surface area contributed by atoms with Crippen LogP contribution in [-0.4, -0.2) is 30.5 Å². The molecule has 0 saturated heterocycles. The molecule has 1 rings (SSSR count). The third-order valence-corrected chi connectivity index (χ3v) is 3.00. The molecule has 100 valence electrons. The van der Waals surface area contributed by atoms with E-state index in [0.29, 0.717) is 13.0 Å². The zero-order chi connectivity index (χ0) is 13.4. The van der Waals surface area contributed by atoms with Gasteiger partial charge >= 0.3 is 0 Å². The molecule has 3 heteroatoms. The quantitative estimate of drug-likeness (QED) is 0.743. The Hall–Kier alpha value is -1.51. The van der Waals surface area contributed by atoms with Crippen molar-refractivity contribution in [1.29, 1.82) is 0 Å². The first-order valence-electron chi connectivity index (χ1n) is 6.71. The Morgan fingerprint density at radius 2 is 1.83 bits per heavy atom. The molecule has 0 aliphatic heterocycles. The molecule has 0 saturated carbocycles. The molecule has 0 aliphatic carbocycles. The number of ether oxygens (including phenoxy) is 1. The van der Waals surface area contributed by atoms with E-state index in [1.54, 1.807) is 0 Å². The van der Waals surface area contributed by atoms with E-state index in [0.717, 1.165) is 30.8 Å². The van der Waals surface area contributed by atoms with Gasteiger partial charge in [-0.3, -0.25) is 4.79 Å². The number of aryl methyl sites for hydroxylation is 1. The first-order chi connectivity index (χ1) is 8.72. The summed E-state index contributed by atoms with van der Waals surface area (Å²) in [5, 5.41) is 0. The third kappa shape index (κ3) is 4.06. The zero-order valence-corrected chi connectivity index (χ0v) is 11.6. The fourth-order valence-corrected chi connectivity index (χ4v) is 1.98. The average Bonchev–Trinajstić information content (AvgIpc) is 2.39. The van der Waals surface area contributed by atoms with Crippen molar-refractivity contribution in [1.82, 2.24) is 4.90 Å². The standard InChI is InChI=1S/C15H23NO2/c1-4-16(5-2)15(17)12-11-13-9-7-8-10-14(13)18-6-3/h7-10H,4-6,11-12H2,1-3H3. The maximum absolute atomic E-state index is 11.9. The van der Waals surface area contributed by atoms with Crippen LogP contribution < -0.4 is 4.74 Å². The Morgan fingerprint density at radius 3 is 2.44 bits per heavy atom. The van der Waals surface area contributed by atoms with Crippen molar-refractivity contribution in [3.05, 3.63) is 29.8 Å². The maximum Gasteiger partial charge on any atom is 0.222 e. The summed E-state index contributed by atoms with van der Waals surface area (Å²) < 4.78 is 5.56. The Balaban J connectivity index is 2.60. The SMILES string of the molecule is CCOc1ccccc1CCC(=O)N(CC)CC. The molecular weight excluding hydrogens is 226 g/mol. The molecule has 1 aromatic carbocycles. The average molecular weight is 249 g/mol. The van der Waals surface area contributed by atoms with Crippen molar-refractivity contribution in [2.45, 2.75) is 33.6 Å². The minimum atomic E-state index is 0.214. The van der Waals surface area contributed by atoms with Gasteiger partial charge in [0.1, 0.15) is 5.75 Å². The van der Waals surface area contributed by atoms with Crippen LogP contribution in [0.5, 0.6) is 5.75 Å². The van der Waals surface area contributed by atoms with Crippen molar-refractivity contribution in [2.24, 2.45) is 0 Å². The fourth-order valence-electron chi connectivity index (χ4n) is 1.98. The third-order valence-electron chi connectivity index (χ3n) is 3.00. The molecule has 1 amide bonds. The van der Waals surface area contributed by atoms with Crippen LogP contribution in [0.2, 0.25) is 0 Å². The molecular formula is C15H23NO2. The van der Waals surface area contributed by atoms with Crippen LogP contribution in [0.15, 0.2) is 24.3 Å². The molecule has 0 aromatic heterocycles. The monoisotopic (exact) mass is 249 g/mol. The Bertz CT molecular complexity index is 373. The minimum Gasteiger partial charge on any atom is -0.494 e. The van der Waals surface area contributed by atoms with Crippen LogP contribution in [0.25, 0.3) is 0 Å². The van der Waals surface area contributed by atoms with Crippen LogP contribution in [-0.2, 0) is 11.2 Å². The highest BCUT2D eigenvalue weighted by Crippen LogP contribution is 2.19. The number of hydrogen-bond acceptors (Lipinski definition) is 2. The summed E-state index contributed by atoms with van der Waals surface area (Å²) >= 11 is 0. The molecule has 3 nitrogen and oxygen atoms in total. The van der Waals surface area contributed by atoms with Gasteiger partial charge in [-0.1, -0.05) is 18.2 Å². The number of nitrogens with zero attached hydrogens (tertiary/aromatic N) is 1. The van der Waals surface area contributed by atoms with Gasteiger partial charge < -0.3 is 9.64 Å². The van der Waals surface area contributed by atoms with Crippen molar-refractivity contribution in [2.75, 3.05) is 19.7 Å². The summed E-state index contributed by atoms with van der Waals surface area (Å²) in [5.41, 5.74) is 1.11. The predicted octanol–water partition coefficient (Wildman–Crippen LogP) is 2.89. The molecule has 0 spiro atoms. The first-order valence-corrected chi connectivity index (χ1v) is 6.71. The zero-order valence-electron chi connectivity index (χ0n) is 11.6. The van der Waals surface area contributed by atoms with Crippen molar-refractivity contribution in [3.63, 3.8) is 0 Å². The van der Waals surface area contributed by atoms with Gasteiger partial charge in [-0.15, -0.1) is 0 Å². The lowest BCUT2D eigenvalue weighted by Gasteiger charge is -2.18. The summed E-state index contributed by atoms with van der Waals surface area (Å²) in [5.74, 6) is 1.11. The fraction of sp³-hybridized carbons (Fsp3) is 0.533. The van der Waals surface area contributed by atoms with Crippen LogP contribution in [0.3, 0.4) is 0 Å². The molecule has 18 heavy (non-hydrogen) atoms. The first kappa shape index (κ1) is 14.6. The predicted molar refractivity (Wildman–Crippen MR) is 73.9 cm³/mol. The molecule has 0 bridgehead atoms. The lowest BCUT2D eigenvalue weighted by molar-refractivity contribution is -0.130. The molecule has 0 unspecified atom stereocenters. The Labute approximate surface area is 110 Å². The second kappa shape index (κ2) is 7.75. The number of carbonyl (C=O) groups is 1. The number of para-hydroxylation sites is 1. The van der Waals surface area contributed by atoms with Crippen molar-refractivity contribution >= 4 is 5.91 Å². The van der Waals surface area contributed by atoms with Gasteiger partial charge in [0.15, 0.2) is 0 Å². The van der Waals surface area contributed by atoms with Crippen LogP contribution in [0.1, 0.15) is 32.8 Å². The van der Waals surface area contributed by atoms with Gasteiger partial charge in [0.2, 0.25) is 5.91 Å². The second-order valence-electron chi connectivity index (χ2n) is 4.11. The van der Waals surface area contributed by atoms with E-state index in [2.05, 4.69) is 0 Å². The summed E-state index contributed by atoms with van der Waals surface area (Å²) in [6, 6.07) is 7.93. The van der Waals surface area contributed by atoms with Gasteiger partial charge in [-0.25, -0.2) is 0 Å². The largest absolute Gasteiger partial charge is 0.494 e. The summed E-state index contributed by atoms with van der Waals surface area (Å²) in [4.78, 5) is 13.8. The smallest absolute Gasteiger partial charge is 0.222 e. The second-order valence-corrected chi connectivity index (χ2v) is 4.11. The van der Waals surface area contributed by atoms with E-state index < -0.39 is 0 Å². The number of benzene rings is 1. The van der Waals surface area contributed by atoms with Crippen LogP contribution >= 0.6 is 0 Å². The van der Waals surface area contributed by atoms with E-state index in [1.165, 1.54) is 0 Å². The van der Waals surface area contributed by atoms with Gasteiger partial charge in [-0.05, 0) is 38.8 Å². The number of carbonyl (C=O) groups excluding carboxylic acids is 1. The Kier molecular flexibility index (Phi) is 6.26. The van der Waals surface area contributed by atoms with Crippen LogP contribution in [0, 0.1) is 0 Å². The normalized spacial score (nSPS) is 10.2. The van der Waals surface area contributed by atoms with Gasteiger partial charge in [-0.2, -0.15) is 0 Å². The molecule has 0 radical (unpaired) electrons. The highest BCUT2D eigenvalue weighted by Gasteiger charge is 2.11.